The number of rotatable bonds is 74. The number of carbonyl (C=O) groups excluding carboxylic acids is 4. The third-order valence-electron chi connectivity index (χ3n) is 18.4. The minimum atomic E-state index is -4.96. The standard InChI is InChI=1S/C76H148O17P2/c1-8-11-12-13-14-15-16-17-18-19-20-21-22-25-29-32-35-45-52-59-75(80)92-71(63-86-73(78)57-50-43-34-31-28-26-23-24-27-30-33-40-47-54-67(4)5)65-90-94(82,83)88-61-70(77)62-89-95(84,85)91-66-72(93-76(81)60-53-46-39-37-42-49-56-69(7)10-3)64-87-74(79)58-51-44-38-36-41-48-55-68(6)9-2/h67-72,77H,8-66H2,1-7H3,(H,82,83)(H,84,85)/t68?,69?,70-,71-,72-/m1/s1. The topological polar surface area (TPSA) is 237 Å². The highest BCUT2D eigenvalue weighted by molar-refractivity contribution is 7.47. The van der Waals surface area contributed by atoms with Gasteiger partial charge in [0.25, 0.3) is 0 Å². The molecule has 4 unspecified atom stereocenters. The van der Waals surface area contributed by atoms with E-state index in [1.807, 2.05) is 0 Å². The second kappa shape index (κ2) is 66.6. The molecular weight excluding hydrogens is 1250 g/mol. The molecule has 0 rings (SSSR count). The van der Waals surface area contributed by atoms with Gasteiger partial charge in [-0.1, -0.05) is 337 Å². The molecule has 17 nitrogen and oxygen atoms in total. The Morgan fingerprint density at radius 3 is 0.800 bits per heavy atom. The molecule has 0 fully saturated rings. The Bertz CT molecular complexity index is 1860. The molecule has 3 N–H and O–H groups in total. The van der Waals surface area contributed by atoms with Crippen LogP contribution in [-0.2, 0) is 65.4 Å². The summed E-state index contributed by atoms with van der Waals surface area (Å²) < 4.78 is 68.5. The first kappa shape index (κ1) is 93.1. The zero-order valence-electron chi connectivity index (χ0n) is 62.1. The molecule has 0 saturated heterocycles. The van der Waals surface area contributed by atoms with Gasteiger partial charge in [-0.15, -0.1) is 0 Å². The number of carbonyl (C=O) groups is 4. The molecule has 0 aliphatic carbocycles. The molecule has 0 aliphatic heterocycles. The molecular formula is C76H148O17P2. The van der Waals surface area contributed by atoms with Crippen LogP contribution in [0.3, 0.4) is 0 Å². The van der Waals surface area contributed by atoms with Gasteiger partial charge in [0.1, 0.15) is 19.3 Å². The first-order valence-corrected chi connectivity index (χ1v) is 42.4. The molecule has 564 valence electrons. The van der Waals surface area contributed by atoms with Crippen LogP contribution < -0.4 is 0 Å². The number of ether oxygens (including phenoxy) is 4. The van der Waals surface area contributed by atoms with Crippen molar-refractivity contribution >= 4 is 39.5 Å². The zero-order chi connectivity index (χ0) is 70.1. The summed E-state index contributed by atoms with van der Waals surface area (Å²) in [6.45, 7) is 11.8. The molecule has 0 saturated carbocycles. The highest BCUT2D eigenvalue weighted by Crippen LogP contribution is 2.45. The van der Waals surface area contributed by atoms with Crippen molar-refractivity contribution in [3.05, 3.63) is 0 Å². The van der Waals surface area contributed by atoms with Gasteiger partial charge in [-0.05, 0) is 43.4 Å². The Balaban J connectivity index is 5.23. The van der Waals surface area contributed by atoms with Crippen molar-refractivity contribution in [2.45, 2.75) is 407 Å². The summed E-state index contributed by atoms with van der Waals surface area (Å²) in [5.41, 5.74) is 0. The van der Waals surface area contributed by atoms with Crippen LogP contribution in [0.1, 0.15) is 389 Å². The predicted molar refractivity (Wildman–Crippen MR) is 386 cm³/mol. The number of aliphatic hydroxyl groups is 1. The number of phosphoric acid groups is 2. The smallest absolute Gasteiger partial charge is 0.462 e. The molecule has 0 aromatic carbocycles. The number of unbranched alkanes of at least 4 members (excludes halogenated alkanes) is 40. The molecule has 0 heterocycles. The molecule has 0 aromatic rings. The van der Waals surface area contributed by atoms with E-state index in [2.05, 4.69) is 48.5 Å². The molecule has 19 heteroatoms. The van der Waals surface area contributed by atoms with Crippen molar-refractivity contribution in [1.82, 2.24) is 0 Å². The Morgan fingerprint density at radius 1 is 0.305 bits per heavy atom. The van der Waals surface area contributed by atoms with Crippen molar-refractivity contribution in [1.29, 1.82) is 0 Å². The molecule has 7 atom stereocenters. The van der Waals surface area contributed by atoms with E-state index < -0.39 is 97.5 Å². The molecule has 0 spiro atoms. The normalized spacial score (nSPS) is 14.6. The van der Waals surface area contributed by atoms with E-state index >= 15 is 0 Å². The quantitative estimate of drug-likeness (QED) is 0.0222. The Hall–Kier alpha value is -1.94. The summed E-state index contributed by atoms with van der Waals surface area (Å²) >= 11 is 0. The fraction of sp³-hybridized carbons (Fsp3) is 0.947. The van der Waals surface area contributed by atoms with Gasteiger partial charge in [0.2, 0.25) is 0 Å². The number of esters is 4. The van der Waals surface area contributed by atoms with Crippen molar-refractivity contribution in [2.24, 2.45) is 17.8 Å². The largest absolute Gasteiger partial charge is 0.472 e. The lowest BCUT2D eigenvalue weighted by Crippen LogP contribution is -2.30. The lowest BCUT2D eigenvalue weighted by molar-refractivity contribution is -0.161. The first-order chi connectivity index (χ1) is 45.8. The van der Waals surface area contributed by atoms with Gasteiger partial charge in [0, 0.05) is 25.7 Å². The molecule has 0 aromatic heterocycles. The third kappa shape index (κ3) is 67.6. The van der Waals surface area contributed by atoms with Crippen molar-refractivity contribution in [3.63, 3.8) is 0 Å². The van der Waals surface area contributed by atoms with Gasteiger partial charge in [0.05, 0.1) is 26.4 Å². The minimum absolute atomic E-state index is 0.102. The lowest BCUT2D eigenvalue weighted by atomic mass is 10.00. The molecule has 0 aliphatic rings. The van der Waals surface area contributed by atoms with Crippen LogP contribution >= 0.6 is 15.6 Å². The van der Waals surface area contributed by atoms with Gasteiger partial charge in [0.15, 0.2) is 12.2 Å². The van der Waals surface area contributed by atoms with E-state index in [1.54, 1.807) is 0 Å². The van der Waals surface area contributed by atoms with Crippen LogP contribution in [-0.4, -0.2) is 96.7 Å². The Kier molecular flexibility index (Phi) is 65.2. The summed E-state index contributed by atoms with van der Waals surface area (Å²) in [5.74, 6) is 0.120. The highest BCUT2D eigenvalue weighted by Gasteiger charge is 2.30. The lowest BCUT2D eigenvalue weighted by Gasteiger charge is -2.21. The highest BCUT2D eigenvalue weighted by atomic mass is 31.2. The van der Waals surface area contributed by atoms with E-state index in [0.717, 1.165) is 114 Å². The van der Waals surface area contributed by atoms with Crippen molar-refractivity contribution in [2.75, 3.05) is 39.6 Å². The average Bonchev–Trinajstić information content (AvgIpc) is 1.60. The summed E-state index contributed by atoms with van der Waals surface area (Å²) in [7, 11) is -9.91. The van der Waals surface area contributed by atoms with Gasteiger partial charge < -0.3 is 33.8 Å². The predicted octanol–water partition coefficient (Wildman–Crippen LogP) is 22.2. The van der Waals surface area contributed by atoms with E-state index in [0.29, 0.717) is 25.7 Å². The molecule has 0 radical (unpaired) electrons. The van der Waals surface area contributed by atoms with Gasteiger partial charge in [-0.2, -0.15) is 0 Å². The van der Waals surface area contributed by atoms with Gasteiger partial charge >= 0.3 is 39.5 Å². The number of hydrogen-bond donors (Lipinski definition) is 3. The van der Waals surface area contributed by atoms with Crippen LogP contribution in [0.5, 0.6) is 0 Å². The molecule has 0 bridgehead atoms. The maximum absolute atomic E-state index is 13.1. The van der Waals surface area contributed by atoms with Crippen LogP contribution in [0.4, 0.5) is 0 Å². The third-order valence-corrected chi connectivity index (χ3v) is 20.3. The zero-order valence-corrected chi connectivity index (χ0v) is 63.9. The van der Waals surface area contributed by atoms with Crippen LogP contribution in [0.2, 0.25) is 0 Å². The van der Waals surface area contributed by atoms with E-state index in [-0.39, 0.29) is 25.7 Å². The Labute approximate surface area is 581 Å². The second-order valence-electron chi connectivity index (χ2n) is 28.4. The average molecular weight is 1400 g/mol. The monoisotopic (exact) mass is 1400 g/mol. The van der Waals surface area contributed by atoms with E-state index in [1.165, 1.54) is 193 Å². The number of phosphoric ester groups is 2. The Morgan fingerprint density at radius 2 is 0.537 bits per heavy atom. The van der Waals surface area contributed by atoms with Crippen molar-refractivity contribution in [3.8, 4) is 0 Å². The van der Waals surface area contributed by atoms with Crippen LogP contribution in [0.15, 0.2) is 0 Å². The van der Waals surface area contributed by atoms with Gasteiger partial charge in [-0.25, -0.2) is 9.13 Å². The first-order valence-electron chi connectivity index (χ1n) is 39.4. The van der Waals surface area contributed by atoms with Crippen molar-refractivity contribution < 1.29 is 80.2 Å². The fourth-order valence-corrected chi connectivity index (χ4v) is 13.1. The van der Waals surface area contributed by atoms with E-state index in [9.17, 15) is 43.2 Å². The van der Waals surface area contributed by atoms with Gasteiger partial charge in [-0.3, -0.25) is 37.3 Å². The minimum Gasteiger partial charge on any atom is -0.462 e. The number of hydrogen-bond acceptors (Lipinski definition) is 15. The summed E-state index contributed by atoms with van der Waals surface area (Å²) in [4.78, 5) is 72.8. The summed E-state index contributed by atoms with van der Waals surface area (Å²) in [6.07, 6.45) is 52.9. The van der Waals surface area contributed by atoms with Crippen LogP contribution in [0.25, 0.3) is 0 Å². The molecule has 95 heavy (non-hydrogen) atoms. The maximum Gasteiger partial charge on any atom is 0.472 e. The summed E-state index contributed by atoms with van der Waals surface area (Å²) in [6, 6.07) is 0. The fourth-order valence-electron chi connectivity index (χ4n) is 11.5. The van der Waals surface area contributed by atoms with Crippen LogP contribution in [0, 0.1) is 17.8 Å². The second-order valence-corrected chi connectivity index (χ2v) is 31.3. The SMILES string of the molecule is CCCCCCCCCCCCCCCCCCCCCC(=O)O[C@H](COC(=O)CCCCCCCCCCCCCCCC(C)C)COP(=O)(O)OC[C@@H](O)COP(=O)(O)OC[C@@H](COC(=O)CCCCCCCCC(C)CC)OC(=O)CCCCCCCCC(C)CC. The maximum atomic E-state index is 13.1. The molecule has 0 amide bonds. The van der Waals surface area contributed by atoms with E-state index in [4.69, 9.17) is 37.0 Å². The number of aliphatic hydroxyl groups excluding tert-OH is 1. The summed E-state index contributed by atoms with van der Waals surface area (Å²) in [5, 5.41) is 10.6.